The summed E-state index contributed by atoms with van der Waals surface area (Å²) in [4.78, 5) is 10.4. The molecule has 76 valence electrons. The fraction of sp³-hybridized carbons (Fsp3) is 0.0909. The largest absolute Gasteiger partial charge is 0.277 e. The molecule has 0 aromatic heterocycles. The highest BCUT2D eigenvalue weighted by molar-refractivity contribution is 6.18. The summed E-state index contributed by atoms with van der Waals surface area (Å²) < 4.78 is 0. The van der Waals surface area contributed by atoms with Gasteiger partial charge in [-0.1, -0.05) is 24.3 Å². The van der Waals surface area contributed by atoms with E-state index in [1.54, 1.807) is 18.2 Å². The molecule has 0 heterocycles. The Morgan fingerprint density at radius 1 is 1.13 bits per heavy atom. The molecule has 4 heteroatoms. The molecular weight excluding hydrogens is 214 g/mol. The van der Waals surface area contributed by atoms with Crippen LogP contribution in [-0.4, -0.2) is 4.92 Å². The van der Waals surface area contributed by atoms with Gasteiger partial charge in [-0.05, 0) is 17.0 Å². The van der Waals surface area contributed by atoms with Crippen molar-refractivity contribution in [2.75, 3.05) is 0 Å². The zero-order valence-electron chi connectivity index (χ0n) is 7.81. The number of nitro benzene ring substituents is 1. The maximum Gasteiger partial charge on any atom is 0.277 e. The van der Waals surface area contributed by atoms with Crippen molar-refractivity contribution in [3.63, 3.8) is 0 Å². The third-order valence-corrected chi connectivity index (χ3v) is 2.62. The maximum absolute atomic E-state index is 10.8. The summed E-state index contributed by atoms with van der Waals surface area (Å²) in [5.74, 6) is 0.360. The second-order valence-electron chi connectivity index (χ2n) is 3.18. The summed E-state index contributed by atoms with van der Waals surface area (Å²) in [5, 5.41) is 12.3. The first-order chi connectivity index (χ1) is 7.24. The molecule has 2 aromatic carbocycles. The summed E-state index contributed by atoms with van der Waals surface area (Å²) in [6.45, 7) is 0. The van der Waals surface area contributed by atoms with Crippen LogP contribution in [0.25, 0.3) is 10.8 Å². The highest BCUT2D eigenvalue weighted by Crippen LogP contribution is 2.28. The van der Waals surface area contributed by atoms with E-state index in [0.717, 1.165) is 10.9 Å². The first kappa shape index (κ1) is 9.93. The van der Waals surface area contributed by atoms with Crippen molar-refractivity contribution in [3.8, 4) is 0 Å². The highest BCUT2D eigenvalue weighted by Gasteiger charge is 2.11. The molecule has 0 aliphatic heterocycles. The van der Waals surface area contributed by atoms with Crippen molar-refractivity contribution in [1.29, 1.82) is 0 Å². The topological polar surface area (TPSA) is 43.1 Å². The summed E-state index contributed by atoms with van der Waals surface area (Å²) in [6.07, 6.45) is 0. The summed E-state index contributed by atoms with van der Waals surface area (Å²) >= 11 is 5.77. The third-order valence-electron chi connectivity index (χ3n) is 2.33. The molecule has 0 amide bonds. The molecule has 3 nitrogen and oxygen atoms in total. The Kier molecular flexibility index (Phi) is 2.56. The molecule has 0 unspecified atom stereocenters. The molecule has 0 aliphatic rings. The molecule has 0 aliphatic carbocycles. The fourth-order valence-electron chi connectivity index (χ4n) is 1.63. The number of rotatable bonds is 2. The fourth-order valence-corrected chi connectivity index (χ4v) is 1.87. The van der Waals surface area contributed by atoms with E-state index in [2.05, 4.69) is 0 Å². The van der Waals surface area contributed by atoms with E-state index < -0.39 is 0 Å². The average molecular weight is 222 g/mol. The lowest BCUT2D eigenvalue weighted by molar-refractivity contribution is -0.383. The van der Waals surface area contributed by atoms with Gasteiger partial charge in [-0.15, -0.1) is 11.6 Å². The van der Waals surface area contributed by atoms with E-state index in [-0.39, 0.29) is 10.6 Å². The van der Waals surface area contributed by atoms with Crippen LogP contribution in [0.4, 0.5) is 5.69 Å². The smallest absolute Gasteiger partial charge is 0.258 e. The van der Waals surface area contributed by atoms with E-state index in [1.165, 1.54) is 6.07 Å². The third kappa shape index (κ3) is 1.66. The van der Waals surface area contributed by atoms with Gasteiger partial charge in [-0.3, -0.25) is 10.1 Å². The Hall–Kier alpha value is -1.61. The first-order valence-corrected chi connectivity index (χ1v) is 4.98. The van der Waals surface area contributed by atoms with Gasteiger partial charge in [0, 0.05) is 11.9 Å². The molecule has 0 N–H and O–H groups in total. The Morgan fingerprint density at radius 2 is 1.80 bits per heavy atom. The van der Waals surface area contributed by atoms with Crippen LogP contribution >= 0.6 is 11.6 Å². The Balaban J connectivity index is 2.82. The molecule has 15 heavy (non-hydrogen) atoms. The van der Waals surface area contributed by atoms with Gasteiger partial charge in [0.05, 0.1) is 10.3 Å². The number of nitro groups is 1. The van der Waals surface area contributed by atoms with Crippen LogP contribution in [0, 0.1) is 10.1 Å². The van der Waals surface area contributed by atoms with Crippen LogP contribution in [0.15, 0.2) is 36.4 Å². The van der Waals surface area contributed by atoms with Crippen LogP contribution in [-0.2, 0) is 5.88 Å². The molecular formula is C11H8ClNO2. The van der Waals surface area contributed by atoms with Crippen molar-refractivity contribution < 1.29 is 4.92 Å². The number of nitrogens with zero attached hydrogens (tertiary/aromatic N) is 1. The van der Waals surface area contributed by atoms with E-state index >= 15 is 0 Å². The van der Waals surface area contributed by atoms with Gasteiger partial charge in [0.1, 0.15) is 0 Å². The van der Waals surface area contributed by atoms with Gasteiger partial charge in [0.15, 0.2) is 0 Å². The lowest BCUT2D eigenvalue weighted by Gasteiger charge is -2.03. The Morgan fingerprint density at radius 3 is 2.47 bits per heavy atom. The molecule has 0 radical (unpaired) electrons. The predicted octanol–water partition coefficient (Wildman–Crippen LogP) is 3.49. The number of fused-ring (bicyclic) bond motifs is 1. The normalized spacial score (nSPS) is 10.5. The van der Waals surface area contributed by atoms with Crippen molar-refractivity contribution in [2.45, 2.75) is 5.88 Å². The molecule has 0 saturated heterocycles. The summed E-state index contributed by atoms with van der Waals surface area (Å²) in [5.41, 5.74) is 1.04. The Bertz CT molecular complexity index is 525. The van der Waals surface area contributed by atoms with Crippen molar-refractivity contribution in [3.05, 3.63) is 52.1 Å². The average Bonchev–Trinajstić information content (AvgIpc) is 2.27. The number of non-ortho nitro benzene ring substituents is 1. The van der Waals surface area contributed by atoms with Gasteiger partial charge >= 0.3 is 0 Å². The molecule has 2 rings (SSSR count). The summed E-state index contributed by atoms with van der Waals surface area (Å²) in [7, 11) is 0. The van der Waals surface area contributed by atoms with E-state index in [4.69, 9.17) is 11.6 Å². The van der Waals surface area contributed by atoms with Gasteiger partial charge in [0.2, 0.25) is 0 Å². The van der Waals surface area contributed by atoms with Gasteiger partial charge in [-0.25, -0.2) is 0 Å². The van der Waals surface area contributed by atoms with E-state index in [9.17, 15) is 10.1 Å². The van der Waals surface area contributed by atoms with E-state index in [0.29, 0.717) is 11.3 Å². The lowest BCUT2D eigenvalue weighted by atomic mass is 10.0. The minimum atomic E-state index is -0.375. The van der Waals surface area contributed by atoms with E-state index in [1.807, 2.05) is 12.1 Å². The number of hydrogen-bond donors (Lipinski definition) is 0. The zero-order valence-corrected chi connectivity index (χ0v) is 8.57. The van der Waals surface area contributed by atoms with Gasteiger partial charge < -0.3 is 0 Å². The van der Waals surface area contributed by atoms with Crippen LogP contribution in [0.2, 0.25) is 0 Å². The van der Waals surface area contributed by atoms with Crippen LogP contribution in [0.5, 0.6) is 0 Å². The second kappa shape index (κ2) is 3.87. The first-order valence-electron chi connectivity index (χ1n) is 4.45. The number of benzene rings is 2. The molecule has 0 spiro atoms. The lowest BCUT2D eigenvalue weighted by Crippen LogP contribution is -1.90. The second-order valence-corrected chi connectivity index (χ2v) is 3.45. The number of alkyl halides is 1. The number of hydrogen-bond acceptors (Lipinski definition) is 2. The van der Waals surface area contributed by atoms with Crippen LogP contribution < -0.4 is 0 Å². The standard InChI is InChI=1S/C11H8ClNO2/c12-7-8-3-1-5-10-9(8)4-2-6-11(10)13(14)15/h1-6H,7H2. The van der Waals surface area contributed by atoms with Crippen molar-refractivity contribution in [1.82, 2.24) is 0 Å². The Labute approximate surface area is 91.4 Å². The molecule has 0 atom stereocenters. The molecule has 0 saturated carbocycles. The molecule has 2 aromatic rings. The molecule has 0 bridgehead atoms. The summed E-state index contributed by atoms with van der Waals surface area (Å²) in [6, 6.07) is 10.4. The zero-order chi connectivity index (χ0) is 10.8. The maximum atomic E-state index is 10.8. The quantitative estimate of drug-likeness (QED) is 0.443. The van der Waals surface area contributed by atoms with Crippen LogP contribution in [0.3, 0.4) is 0 Å². The predicted molar refractivity (Wildman–Crippen MR) is 60.2 cm³/mol. The van der Waals surface area contributed by atoms with Gasteiger partial charge in [-0.2, -0.15) is 0 Å². The monoisotopic (exact) mass is 221 g/mol. The van der Waals surface area contributed by atoms with Crippen LogP contribution in [0.1, 0.15) is 5.56 Å². The van der Waals surface area contributed by atoms with Crippen molar-refractivity contribution in [2.24, 2.45) is 0 Å². The number of halogens is 1. The minimum absolute atomic E-state index is 0.125. The highest BCUT2D eigenvalue weighted by atomic mass is 35.5. The SMILES string of the molecule is O=[N+]([O-])c1cccc2c(CCl)cccc12. The van der Waals surface area contributed by atoms with Crippen molar-refractivity contribution >= 4 is 28.1 Å². The minimum Gasteiger partial charge on any atom is -0.258 e. The molecule has 0 fully saturated rings. The van der Waals surface area contributed by atoms with Gasteiger partial charge in [0.25, 0.3) is 5.69 Å².